The molecule has 1 aromatic carbocycles. The molecular formula is C17H21FN4O2. The van der Waals surface area contributed by atoms with Gasteiger partial charge in [0.1, 0.15) is 5.82 Å². The van der Waals surface area contributed by atoms with Gasteiger partial charge in [-0.15, -0.1) is 0 Å². The fraction of sp³-hybridized carbons (Fsp3) is 0.412. The summed E-state index contributed by atoms with van der Waals surface area (Å²) in [5, 5.41) is 7.48. The molecule has 2 heterocycles. The van der Waals surface area contributed by atoms with E-state index in [2.05, 4.69) is 10.4 Å². The van der Waals surface area contributed by atoms with Gasteiger partial charge in [-0.1, -0.05) is 0 Å². The van der Waals surface area contributed by atoms with E-state index in [1.54, 1.807) is 35.0 Å². The number of carbonyl (C=O) groups excluding carboxylic acids is 1. The summed E-state index contributed by atoms with van der Waals surface area (Å²) in [4.78, 5) is 13.9. The van der Waals surface area contributed by atoms with Gasteiger partial charge < -0.3 is 15.0 Å². The van der Waals surface area contributed by atoms with Gasteiger partial charge in [-0.25, -0.2) is 9.07 Å². The molecule has 1 fully saturated rings. The Morgan fingerprint density at radius 1 is 1.46 bits per heavy atom. The largest absolute Gasteiger partial charge is 0.375 e. The third kappa shape index (κ3) is 4.18. The Bertz CT molecular complexity index is 680. The van der Waals surface area contributed by atoms with E-state index < -0.39 is 0 Å². The zero-order chi connectivity index (χ0) is 16.9. The van der Waals surface area contributed by atoms with E-state index in [0.717, 1.165) is 17.8 Å². The Kier molecular flexibility index (Phi) is 5.22. The number of nitrogens with one attached hydrogen (secondary N) is 1. The van der Waals surface area contributed by atoms with Crippen LogP contribution >= 0.6 is 0 Å². The molecule has 128 valence electrons. The molecule has 7 heteroatoms. The van der Waals surface area contributed by atoms with Crippen LogP contribution in [0.5, 0.6) is 0 Å². The van der Waals surface area contributed by atoms with Crippen molar-refractivity contribution in [1.29, 1.82) is 0 Å². The molecule has 24 heavy (non-hydrogen) atoms. The van der Waals surface area contributed by atoms with Gasteiger partial charge in [0.25, 0.3) is 0 Å². The summed E-state index contributed by atoms with van der Waals surface area (Å²) in [7, 11) is 1.77. The number of hydrogen-bond donors (Lipinski definition) is 1. The van der Waals surface area contributed by atoms with E-state index in [4.69, 9.17) is 4.74 Å². The predicted octanol–water partition coefficient (Wildman–Crippen LogP) is 1.35. The van der Waals surface area contributed by atoms with Crippen LogP contribution in [0, 0.1) is 5.82 Å². The van der Waals surface area contributed by atoms with E-state index in [0.29, 0.717) is 26.1 Å². The molecule has 2 aromatic rings. The van der Waals surface area contributed by atoms with E-state index in [-0.39, 0.29) is 17.8 Å². The number of ether oxygens (including phenoxy) is 1. The highest BCUT2D eigenvalue weighted by Gasteiger charge is 2.20. The summed E-state index contributed by atoms with van der Waals surface area (Å²) in [5.74, 6) is -0.242. The van der Waals surface area contributed by atoms with Gasteiger partial charge in [0.2, 0.25) is 5.91 Å². The molecule has 1 aromatic heterocycles. The van der Waals surface area contributed by atoms with Crippen molar-refractivity contribution in [2.75, 3.05) is 26.7 Å². The topological polar surface area (TPSA) is 59.4 Å². The van der Waals surface area contributed by atoms with Gasteiger partial charge >= 0.3 is 0 Å². The fourth-order valence-corrected chi connectivity index (χ4v) is 2.64. The zero-order valence-electron chi connectivity index (χ0n) is 13.6. The lowest BCUT2D eigenvalue weighted by Crippen LogP contribution is -2.41. The molecule has 0 saturated carbocycles. The molecule has 0 unspecified atom stereocenters. The van der Waals surface area contributed by atoms with Crippen LogP contribution in [0.1, 0.15) is 12.0 Å². The van der Waals surface area contributed by atoms with Crippen LogP contribution in [-0.2, 0) is 16.1 Å². The van der Waals surface area contributed by atoms with Crippen molar-refractivity contribution >= 4 is 5.91 Å². The summed E-state index contributed by atoms with van der Waals surface area (Å²) in [6, 6.07) is 6.11. The molecule has 3 rings (SSSR count). The first-order chi connectivity index (χ1) is 11.6. The minimum atomic E-state index is -0.282. The summed E-state index contributed by atoms with van der Waals surface area (Å²) >= 11 is 0. The molecule has 1 aliphatic rings. The summed E-state index contributed by atoms with van der Waals surface area (Å²) < 4.78 is 20.2. The third-order valence-corrected chi connectivity index (χ3v) is 3.98. The van der Waals surface area contributed by atoms with Crippen LogP contribution in [-0.4, -0.2) is 53.4 Å². The van der Waals surface area contributed by atoms with Crippen LogP contribution in [0.2, 0.25) is 0 Å². The zero-order valence-corrected chi connectivity index (χ0v) is 13.6. The number of benzene rings is 1. The molecule has 1 aliphatic heterocycles. The number of nitrogens with zero attached hydrogens (tertiary/aromatic N) is 3. The maximum atomic E-state index is 13.0. The quantitative estimate of drug-likeness (QED) is 0.898. The second-order valence-corrected chi connectivity index (χ2v) is 5.92. The lowest BCUT2D eigenvalue weighted by atomic mass is 10.2. The Balaban J connectivity index is 1.57. The Morgan fingerprint density at radius 3 is 2.96 bits per heavy atom. The normalized spacial score (nSPS) is 17.7. The van der Waals surface area contributed by atoms with Crippen molar-refractivity contribution in [3.05, 3.63) is 48.0 Å². The van der Waals surface area contributed by atoms with Gasteiger partial charge in [0, 0.05) is 38.4 Å². The number of hydrogen-bond acceptors (Lipinski definition) is 4. The lowest BCUT2D eigenvalue weighted by molar-refractivity contribution is -0.133. The van der Waals surface area contributed by atoms with E-state index in [1.165, 1.54) is 12.1 Å². The van der Waals surface area contributed by atoms with Crippen LogP contribution < -0.4 is 5.32 Å². The van der Waals surface area contributed by atoms with Gasteiger partial charge in [-0.3, -0.25) is 4.79 Å². The average molecular weight is 332 g/mol. The third-order valence-electron chi connectivity index (χ3n) is 3.98. The fourth-order valence-electron chi connectivity index (χ4n) is 2.64. The minimum absolute atomic E-state index is 0.0400. The highest BCUT2D eigenvalue weighted by molar-refractivity contribution is 5.76. The van der Waals surface area contributed by atoms with Crippen molar-refractivity contribution in [3.8, 4) is 5.69 Å². The maximum Gasteiger partial charge on any atom is 0.225 e. The molecule has 0 radical (unpaired) electrons. The van der Waals surface area contributed by atoms with Crippen molar-refractivity contribution in [1.82, 2.24) is 20.0 Å². The number of rotatable bonds is 5. The van der Waals surface area contributed by atoms with E-state index in [9.17, 15) is 9.18 Å². The van der Waals surface area contributed by atoms with Crippen molar-refractivity contribution < 1.29 is 13.9 Å². The standard InChI is InChI=1S/C17H21FN4O2/c1-21(17(23)8-16-10-19-6-7-24-16)11-13-9-20-22(12-13)15-4-2-14(18)3-5-15/h2-5,9,12,16,19H,6-8,10-11H2,1H3/t16-/m0/s1. The van der Waals surface area contributed by atoms with Crippen LogP contribution in [0.3, 0.4) is 0 Å². The Morgan fingerprint density at radius 2 is 2.25 bits per heavy atom. The van der Waals surface area contributed by atoms with E-state index in [1.807, 2.05) is 6.20 Å². The number of carbonyl (C=O) groups is 1. The maximum absolute atomic E-state index is 13.0. The summed E-state index contributed by atoms with van der Waals surface area (Å²) in [5.41, 5.74) is 1.69. The van der Waals surface area contributed by atoms with Gasteiger partial charge in [0.15, 0.2) is 0 Å². The Labute approximate surface area is 140 Å². The van der Waals surface area contributed by atoms with Gasteiger partial charge in [-0.2, -0.15) is 5.10 Å². The van der Waals surface area contributed by atoms with Crippen LogP contribution in [0.25, 0.3) is 5.69 Å². The highest BCUT2D eigenvalue weighted by atomic mass is 19.1. The Hall–Kier alpha value is -2.25. The second-order valence-electron chi connectivity index (χ2n) is 5.92. The molecule has 0 spiro atoms. The number of halogens is 1. The molecular weight excluding hydrogens is 311 g/mol. The molecule has 0 bridgehead atoms. The van der Waals surface area contributed by atoms with Crippen molar-refractivity contribution in [2.24, 2.45) is 0 Å². The van der Waals surface area contributed by atoms with Crippen molar-refractivity contribution in [3.63, 3.8) is 0 Å². The van der Waals surface area contributed by atoms with Crippen molar-refractivity contribution in [2.45, 2.75) is 19.1 Å². The highest BCUT2D eigenvalue weighted by Crippen LogP contribution is 2.12. The first-order valence-corrected chi connectivity index (χ1v) is 7.97. The molecule has 0 aliphatic carbocycles. The minimum Gasteiger partial charge on any atom is -0.375 e. The number of morpholine rings is 1. The molecule has 1 amide bonds. The molecule has 1 saturated heterocycles. The summed E-state index contributed by atoms with van der Waals surface area (Å²) in [6.45, 7) is 2.66. The first-order valence-electron chi connectivity index (χ1n) is 7.97. The van der Waals surface area contributed by atoms with Crippen LogP contribution in [0.4, 0.5) is 4.39 Å². The lowest BCUT2D eigenvalue weighted by Gasteiger charge is -2.25. The molecule has 6 nitrogen and oxygen atoms in total. The average Bonchev–Trinajstić information content (AvgIpc) is 3.05. The monoisotopic (exact) mass is 332 g/mol. The number of amides is 1. The molecule has 1 N–H and O–H groups in total. The number of aromatic nitrogens is 2. The summed E-state index contributed by atoms with van der Waals surface area (Å²) in [6.07, 6.45) is 3.87. The first kappa shape index (κ1) is 16.6. The van der Waals surface area contributed by atoms with Crippen LogP contribution in [0.15, 0.2) is 36.7 Å². The van der Waals surface area contributed by atoms with Gasteiger partial charge in [-0.05, 0) is 24.3 Å². The second kappa shape index (κ2) is 7.55. The molecule has 1 atom stereocenters. The predicted molar refractivity (Wildman–Crippen MR) is 87.2 cm³/mol. The SMILES string of the molecule is CN(Cc1cnn(-c2ccc(F)cc2)c1)C(=O)C[C@H]1CNCCO1. The van der Waals surface area contributed by atoms with E-state index >= 15 is 0 Å². The smallest absolute Gasteiger partial charge is 0.225 e. The van der Waals surface area contributed by atoms with Gasteiger partial charge in [0.05, 0.1) is 31.0 Å².